The van der Waals surface area contributed by atoms with E-state index in [-0.39, 0.29) is 16.8 Å². The molecule has 0 saturated carbocycles. The van der Waals surface area contributed by atoms with Crippen LogP contribution in [0.5, 0.6) is 0 Å². The van der Waals surface area contributed by atoms with Crippen molar-refractivity contribution < 1.29 is 4.92 Å². The number of hydrogen-bond acceptors (Lipinski definition) is 3. The molecule has 1 unspecified atom stereocenters. The van der Waals surface area contributed by atoms with Crippen molar-refractivity contribution in [3.63, 3.8) is 0 Å². The van der Waals surface area contributed by atoms with Crippen molar-refractivity contribution in [3.8, 4) is 0 Å². The van der Waals surface area contributed by atoms with Gasteiger partial charge in [-0.1, -0.05) is 35.3 Å². The van der Waals surface area contributed by atoms with Gasteiger partial charge in [-0.2, -0.15) is 0 Å². The van der Waals surface area contributed by atoms with Crippen LogP contribution in [0.3, 0.4) is 0 Å². The molecule has 6 heteroatoms. The molecule has 0 aliphatic heterocycles. The number of rotatable bonds is 5. The summed E-state index contributed by atoms with van der Waals surface area (Å²) in [5, 5.41) is 14.8. The van der Waals surface area contributed by atoms with Crippen molar-refractivity contribution in [1.82, 2.24) is 0 Å². The lowest BCUT2D eigenvalue weighted by Crippen LogP contribution is -2.18. The fourth-order valence-electron chi connectivity index (χ4n) is 2.05. The Labute approximate surface area is 132 Å². The summed E-state index contributed by atoms with van der Waals surface area (Å²) in [6, 6.07) is 12.4. The first-order valence-electron chi connectivity index (χ1n) is 6.40. The third-order valence-corrected chi connectivity index (χ3v) is 3.57. The Hall–Kier alpha value is -1.78. The lowest BCUT2D eigenvalue weighted by Gasteiger charge is -2.15. The van der Waals surface area contributed by atoms with Gasteiger partial charge in [0, 0.05) is 22.8 Å². The van der Waals surface area contributed by atoms with Crippen LogP contribution < -0.4 is 5.32 Å². The Morgan fingerprint density at radius 1 is 1.19 bits per heavy atom. The summed E-state index contributed by atoms with van der Waals surface area (Å²) in [5.74, 6) is 0. The van der Waals surface area contributed by atoms with Gasteiger partial charge in [0.05, 0.1) is 4.92 Å². The quantitative estimate of drug-likeness (QED) is 0.625. The summed E-state index contributed by atoms with van der Waals surface area (Å²) < 4.78 is 0. The molecule has 0 aliphatic carbocycles. The molecule has 0 saturated heterocycles. The highest BCUT2D eigenvalue weighted by atomic mass is 35.5. The van der Waals surface area contributed by atoms with Crippen LogP contribution in [0.1, 0.15) is 12.5 Å². The van der Waals surface area contributed by atoms with Gasteiger partial charge in [0.25, 0.3) is 5.69 Å². The Bertz CT molecular complexity index is 645. The Balaban J connectivity index is 2.02. The monoisotopic (exact) mass is 324 g/mol. The molecule has 21 heavy (non-hydrogen) atoms. The highest BCUT2D eigenvalue weighted by molar-refractivity contribution is 6.33. The lowest BCUT2D eigenvalue weighted by atomic mass is 10.1. The number of halogens is 2. The SMILES string of the molecule is CC(Cc1ccc(Cl)cc1)Nc1ccc([N+](=O)[O-])c(Cl)c1. The van der Waals surface area contributed by atoms with E-state index in [2.05, 4.69) is 5.32 Å². The van der Waals surface area contributed by atoms with E-state index in [4.69, 9.17) is 23.2 Å². The number of nitrogens with zero attached hydrogens (tertiary/aromatic N) is 1. The van der Waals surface area contributed by atoms with Crippen LogP contribution in [0.4, 0.5) is 11.4 Å². The Kier molecular flexibility index (Phi) is 5.04. The summed E-state index contributed by atoms with van der Waals surface area (Å²) in [6.07, 6.45) is 0.811. The number of nitro benzene ring substituents is 1. The van der Waals surface area contributed by atoms with E-state index >= 15 is 0 Å². The summed E-state index contributed by atoms with van der Waals surface area (Å²) in [5.41, 5.74) is 1.83. The third kappa shape index (κ3) is 4.34. The van der Waals surface area contributed by atoms with Crippen LogP contribution in [0, 0.1) is 10.1 Å². The molecule has 0 aromatic heterocycles. The minimum atomic E-state index is -0.497. The van der Waals surface area contributed by atoms with Crippen LogP contribution >= 0.6 is 23.2 Å². The first-order chi connectivity index (χ1) is 9.95. The molecular weight excluding hydrogens is 311 g/mol. The fourth-order valence-corrected chi connectivity index (χ4v) is 2.43. The predicted octanol–water partition coefficient (Wildman–Crippen LogP) is 4.94. The second-order valence-corrected chi connectivity index (χ2v) is 5.64. The maximum absolute atomic E-state index is 10.7. The molecule has 0 fully saturated rings. The van der Waals surface area contributed by atoms with E-state index in [1.807, 2.05) is 31.2 Å². The number of nitro groups is 1. The molecule has 2 aromatic carbocycles. The maximum Gasteiger partial charge on any atom is 0.288 e. The van der Waals surface area contributed by atoms with E-state index < -0.39 is 4.92 Å². The molecule has 0 spiro atoms. The average Bonchev–Trinajstić information content (AvgIpc) is 2.41. The Morgan fingerprint density at radius 3 is 2.43 bits per heavy atom. The molecule has 4 nitrogen and oxygen atoms in total. The normalized spacial score (nSPS) is 12.0. The van der Waals surface area contributed by atoms with Crippen molar-refractivity contribution in [1.29, 1.82) is 0 Å². The minimum absolute atomic E-state index is 0.0902. The van der Waals surface area contributed by atoms with Crippen LogP contribution in [-0.4, -0.2) is 11.0 Å². The number of nitrogens with one attached hydrogen (secondary N) is 1. The van der Waals surface area contributed by atoms with Gasteiger partial charge in [-0.25, -0.2) is 0 Å². The zero-order valence-corrected chi connectivity index (χ0v) is 12.9. The van der Waals surface area contributed by atoms with Crippen LogP contribution in [0.15, 0.2) is 42.5 Å². The summed E-state index contributed by atoms with van der Waals surface area (Å²) in [6.45, 7) is 2.03. The molecule has 2 aromatic rings. The van der Waals surface area contributed by atoms with Gasteiger partial charge < -0.3 is 5.32 Å². The van der Waals surface area contributed by atoms with Gasteiger partial charge in [-0.15, -0.1) is 0 Å². The maximum atomic E-state index is 10.7. The van der Waals surface area contributed by atoms with Crippen LogP contribution in [0.25, 0.3) is 0 Å². The first kappa shape index (κ1) is 15.6. The van der Waals surface area contributed by atoms with Crippen molar-refractivity contribution >= 4 is 34.6 Å². The van der Waals surface area contributed by atoms with Gasteiger partial charge in [0.1, 0.15) is 5.02 Å². The van der Waals surface area contributed by atoms with Crippen LogP contribution in [0.2, 0.25) is 10.0 Å². The highest BCUT2D eigenvalue weighted by Gasteiger charge is 2.13. The van der Waals surface area contributed by atoms with Crippen molar-refractivity contribution in [2.24, 2.45) is 0 Å². The molecule has 1 atom stereocenters. The summed E-state index contributed by atoms with van der Waals surface area (Å²) in [4.78, 5) is 10.2. The summed E-state index contributed by atoms with van der Waals surface area (Å²) >= 11 is 11.7. The zero-order chi connectivity index (χ0) is 15.4. The smallest absolute Gasteiger partial charge is 0.288 e. The Morgan fingerprint density at radius 2 is 1.86 bits per heavy atom. The fraction of sp³-hybridized carbons (Fsp3) is 0.200. The topological polar surface area (TPSA) is 55.2 Å². The van der Waals surface area contributed by atoms with Gasteiger partial charge >= 0.3 is 0 Å². The summed E-state index contributed by atoms with van der Waals surface area (Å²) in [7, 11) is 0. The second kappa shape index (κ2) is 6.78. The molecule has 1 N–H and O–H groups in total. The van der Waals surface area contributed by atoms with E-state index in [1.165, 1.54) is 6.07 Å². The second-order valence-electron chi connectivity index (χ2n) is 4.80. The molecule has 0 heterocycles. The largest absolute Gasteiger partial charge is 0.382 e. The molecule has 0 radical (unpaired) electrons. The van der Waals surface area contributed by atoms with Gasteiger partial charge in [0.15, 0.2) is 0 Å². The van der Waals surface area contributed by atoms with Crippen molar-refractivity contribution in [2.75, 3.05) is 5.32 Å². The van der Waals surface area contributed by atoms with E-state index in [0.717, 1.165) is 17.7 Å². The highest BCUT2D eigenvalue weighted by Crippen LogP contribution is 2.27. The van der Waals surface area contributed by atoms with E-state index in [1.54, 1.807) is 12.1 Å². The standard InChI is InChI=1S/C15H14Cl2N2O2/c1-10(8-11-2-4-12(16)5-3-11)18-13-6-7-15(19(20)21)14(17)9-13/h2-7,9-10,18H,8H2,1H3. The number of benzene rings is 2. The molecule has 0 aliphatic rings. The molecule has 110 valence electrons. The van der Waals surface area contributed by atoms with Gasteiger partial charge in [-0.05, 0) is 43.2 Å². The van der Waals surface area contributed by atoms with Crippen molar-refractivity contribution in [3.05, 3.63) is 68.2 Å². The first-order valence-corrected chi connectivity index (χ1v) is 7.16. The number of hydrogen-bond donors (Lipinski definition) is 1. The molecule has 0 amide bonds. The zero-order valence-electron chi connectivity index (χ0n) is 11.3. The average molecular weight is 325 g/mol. The minimum Gasteiger partial charge on any atom is -0.382 e. The van der Waals surface area contributed by atoms with E-state index in [9.17, 15) is 10.1 Å². The molecule has 0 bridgehead atoms. The van der Waals surface area contributed by atoms with Gasteiger partial charge in [0.2, 0.25) is 0 Å². The van der Waals surface area contributed by atoms with Crippen LogP contribution in [-0.2, 0) is 6.42 Å². The molecular formula is C15H14Cl2N2O2. The van der Waals surface area contributed by atoms with E-state index in [0.29, 0.717) is 5.02 Å². The third-order valence-electron chi connectivity index (χ3n) is 3.01. The lowest BCUT2D eigenvalue weighted by molar-refractivity contribution is -0.384. The number of anilines is 1. The van der Waals surface area contributed by atoms with Gasteiger partial charge in [-0.3, -0.25) is 10.1 Å². The molecule has 2 rings (SSSR count). The predicted molar refractivity (Wildman–Crippen MR) is 86.3 cm³/mol. The van der Waals surface area contributed by atoms with Crippen molar-refractivity contribution in [2.45, 2.75) is 19.4 Å².